The van der Waals surface area contributed by atoms with E-state index in [0.29, 0.717) is 11.3 Å². The summed E-state index contributed by atoms with van der Waals surface area (Å²) < 4.78 is 0. The molecule has 0 saturated carbocycles. The van der Waals surface area contributed by atoms with Crippen LogP contribution in [-0.2, 0) is 4.79 Å². The number of rotatable bonds is 4. The van der Waals surface area contributed by atoms with Gasteiger partial charge in [0.15, 0.2) is 0 Å². The second-order valence-electron chi connectivity index (χ2n) is 4.41. The SMILES string of the molecule is N=C(N)c1ccc(/C=C/C(=O)Nc2ccc(O)cc2)cc1. The first kappa shape index (κ1) is 14.3. The third kappa shape index (κ3) is 4.21. The van der Waals surface area contributed by atoms with Crippen LogP contribution in [0.2, 0.25) is 0 Å². The number of aromatic hydroxyl groups is 1. The van der Waals surface area contributed by atoms with Gasteiger partial charge in [0.25, 0.3) is 0 Å². The van der Waals surface area contributed by atoms with Crippen molar-refractivity contribution < 1.29 is 9.90 Å². The number of hydrogen-bond acceptors (Lipinski definition) is 3. The molecule has 2 rings (SSSR count). The average molecular weight is 281 g/mol. The summed E-state index contributed by atoms with van der Waals surface area (Å²) in [5.41, 5.74) is 7.45. The lowest BCUT2D eigenvalue weighted by molar-refractivity contribution is -0.111. The van der Waals surface area contributed by atoms with Gasteiger partial charge in [-0.2, -0.15) is 0 Å². The first-order chi connectivity index (χ1) is 10.0. The van der Waals surface area contributed by atoms with E-state index in [0.717, 1.165) is 5.56 Å². The number of anilines is 1. The number of benzene rings is 2. The quantitative estimate of drug-likeness (QED) is 0.299. The Hall–Kier alpha value is -3.08. The van der Waals surface area contributed by atoms with E-state index in [1.807, 2.05) is 0 Å². The van der Waals surface area contributed by atoms with E-state index in [9.17, 15) is 4.79 Å². The molecule has 0 aliphatic carbocycles. The van der Waals surface area contributed by atoms with Crippen molar-refractivity contribution in [1.29, 1.82) is 5.41 Å². The van der Waals surface area contributed by atoms with Crippen molar-refractivity contribution in [3.05, 3.63) is 65.7 Å². The molecule has 0 bridgehead atoms. The molecule has 0 aromatic heterocycles. The summed E-state index contributed by atoms with van der Waals surface area (Å²) in [6.07, 6.45) is 3.08. The second-order valence-corrected chi connectivity index (χ2v) is 4.41. The van der Waals surface area contributed by atoms with Crippen molar-refractivity contribution in [2.75, 3.05) is 5.32 Å². The molecular formula is C16H15N3O2. The summed E-state index contributed by atoms with van der Waals surface area (Å²) in [5.74, 6) is -0.110. The first-order valence-electron chi connectivity index (χ1n) is 6.27. The van der Waals surface area contributed by atoms with Crippen LogP contribution in [0.1, 0.15) is 11.1 Å². The van der Waals surface area contributed by atoms with Gasteiger partial charge in [0.2, 0.25) is 5.91 Å². The van der Waals surface area contributed by atoms with E-state index in [-0.39, 0.29) is 17.5 Å². The van der Waals surface area contributed by atoms with Gasteiger partial charge in [0, 0.05) is 17.3 Å². The summed E-state index contributed by atoms with van der Waals surface area (Å²) in [6, 6.07) is 13.2. The molecule has 21 heavy (non-hydrogen) atoms. The van der Waals surface area contributed by atoms with Crippen molar-refractivity contribution in [3.63, 3.8) is 0 Å². The summed E-state index contributed by atoms with van der Waals surface area (Å²) in [6.45, 7) is 0. The molecule has 0 spiro atoms. The van der Waals surface area contributed by atoms with E-state index in [4.69, 9.17) is 16.2 Å². The molecule has 5 nitrogen and oxygen atoms in total. The summed E-state index contributed by atoms with van der Waals surface area (Å²) in [5, 5.41) is 19.1. The molecule has 0 aliphatic rings. The van der Waals surface area contributed by atoms with Gasteiger partial charge in [-0.1, -0.05) is 24.3 Å². The zero-order valence-electron chi connectivity index (χ0n) is 11.2. The Balaban J connectivity index is 1.98. The lowest BCUT2D eigenvalue weighted by Gasteiger charge is -2.02. The van der Waals surface area contributed by atoms with E-state index < -0.39 is 0 Å². The molecule has 0 saturated heterocycles. The van der Waals surface area contributed by atoms with Gasteiger partial charge in [0.05, 0.1) is 0 Å². The lowest BCUT2D eigenvalue weighted by Crippen LogP contribution is -2.10. The van der Waals surface area contributed by atoms with Gasteiger partial charge in [-0.3, -0.25) is 10.2 Å². The van der Waals surface area contributed by atoms with Gasteiger partial charge in [-0.15, -0.1) is 0 Å². The molecule has 2 aromatic carbocycles. The smallest absolute Gasteiger partial charge is 0.248 e. The van der Waals surface area contributed by atoms with Crippen molar-refractivity contribution in [2.24, 2.45) is 5.73 Å². The summed E-state index contributed by atoms with van der Waals surface area (Å²) in [4.78, 5) is 11.7. The molecule has 0 radical (unpaired) electrons. The highest BCUT2D eigenvalue weighted by Crippen LogP contribution is 2.13. The Morgan fingerprint density at radius 1 is 1.10 bits per heavy atom. The minimum absolute atomic E-state index is 0.00982. The van der Waals surface area contributed by atoms with E-state index >= 15 is 0 Å². The fourth-order valence-corrected chi connectivity index (χ4v) is 1.67. The highest BCUT2D eigenvalue weighted by atomic mass is 16.3. The normalized spacial score (nSPS) is 10.5. The Labute approximate surface area is 122 Å². The van der Waals surface area contributed by atoms with Crippen LogP contribution in [0.4, 0.5) is 5.69 Å². The predicted octanol–water partition coefficient (Wildman–Crippen LogP) is 2.33. The van der Waals surface area contributed by atoms with Gasteiger partial charge >= 0.3 is 0 Å². The number of phenols is 1. The zero-order valence-corrected chi connectivity index (χ0v) is 11.2. The number of nitrogens with two attached hydrogens (primary N) is 1. The van der Waals surface area contributed by atoms with Crippen molar-refractivity contribution in [2.45, 2.75) is 0 Å². The van der Waals surface area contributed by atoms with Crippen LogP contribution in [0.5, 0.6) is 5.75 Å². The average Bonchev–Trinajstić information content (AvgIpc) is 2.48. The highest BCUT2D eigenvalue weighted by Gasteiger charge is 1.98. The van der Waals surface area contributed by atoms with Crippen LogP contribution < -0.4 is 11.1 Å². The molecule has 0 aliphatic heterocycles. The topological polar surface area (TPSA) is 99.2 Å². The number of amides is 1. The van der Waals surface area contributed by atoms with Gasteiger partial charge in [-0.05, 0) is 35.9 Å². The molecule has 106 valence electrons. The Kier molecular flexibility index (Phi) is 4.36. The fraction of sp³-hybridized carbons (Fsp3) is 0. The molecular weight excluding hydrogens is 266 g/mol. The van der Waals surface area contributed by atoms with Crippen LogP contribution in [0.3, 0.4) is 0 Å². The van der Waals surface area contributed by atoms with Crippen LogP contribution in [0.15, 0.2) is 54.6 Å². The number of hydrogen-bond donors (Lipinski definition) is 4. The van der Waals surface area contributed by atoms with Crippen LogP contribution in [0, 0.1) is 5.41 Å². The maximum atomic E-state index is 11.7. The number of carbonyl (C=O) groups excluding carboxylic acids is 1. The molecule has 1 amide bonds. The Morgan fingerprint density at radius 3 is 2.29 bits per heavy atom. The maximum Gasteiger partial charge on any atom is 0.248 e. The van der Waals surface area contributed by atoms with Gasteiger partial charge in [0.1, 0.15) is 11.6 Å². The summed E-state index contributed by atoms with van der Waals surface area (Å²) in [7, 11) is 0. The molecule has 5 heteroatoms. The van der Waals surface area contributed by atoms with Crippen LogP contribution in [0.25, 0.3) is 6.08 Å². The van der Waals surface area contributed by atoms with Crippen molar-refractivity contribution in [3.8, 4) is 5.75 Å². The lowest BCUT2D eigenvalue weighted by atomic mass is 10.1. The van der Waals surface area contributed by atoms with Crippen molar-refractivity contribution >= 4 is 23.5 Å². The second kappa shape index (κ2) is 6.38. The third-order valence-corrected chi connectivity index (χ3v) is 2.78. The predicted molar refractivity (Wildman–Crippen MR) is 83.2 cm³/mol. The molecule has 0 fully saturated rings. The minimum atomic E-state index is -0.267. The largest absolute Gasteiger partial charge is 0.508 e. The number of nitrogen functional groups attached to an aromatic ring is 1. The minimum Gasteiger partial charge on any atom is -0.508 e. The van der Waals surface area contributed by atoms with Crippen molar-refractivity contribution in [1.82, 2.24) is 0 Å². The monoisotopic (exact) mass is 281 g/mol. The van der Waals surface area contributed by atoms with Crippen LogP contribution >= 0.6 is 0 Å². The zero-order chi connectivity index (χ0) is 15.2. The first-order valence-corrected chi connectivity index (χ1v) is 6.27. The van der Waals surface area contributed by atoms with Gasteiger partial charge < -0.3 is 16.2 Å². The number of nitrogens with one attached hydrogen (secondary N) is 2. The van der Waals surface area contributed by atoms with E-state index in [1.165, 1.54) is 18.2 Å². The maximum absolute atomic E-state index is 11.7. The third-order valence-electron chi connectivity index (χ3n) is 2.78. The highest BCUT2D eigenvalue weighted by molar-refractivity contribution is 6.02. The fourth-order valence-electron chi connectivity index (χ4n) is 1.67. The van der Waals surface area contributed by atoms with E-state index in [2.05, 4.69) is 5.32 Å². The number of amidine groups is 1. The Bertz CT molecular complexity index is 674. The molecule has 2 aromatic rings. The summed E-state index contributed by atoms with van der Waals surface area (Å²) >= 11 is 0. The number of phenolic OH excluding ortho intramolecular Hbond substituents is 1. The standard InChI is InChI=1S/C16H15N3O2/c17-16(18)12-4-1-11(2-5-12)3-10-15(21)19-13-6-8-14(20)9-7-13/h1-10,20H,(H3,17,18)(H,19,21)/b10-3+. The van der Waals surface area contributed by atoms with Gasteiger partial charge in [-0.25, -0.2) is 0 Å². The van der Waals surface area contributed by atoms with Crippen LogP contribution in [-0.4, -0.2) is 16.8 Å². The molecule has 0 atom stereocenters. The molecule has 5 N–H and O–H groups in total. The Morgan fingerprint density at radius 2 is 1.71 bits per heavy atom. The molecule has 0 unspecified atom stereocenters. The molecule has 0 heterocycles. The van der Waals surface area contributed by atoms with E-state index in [1.54, 1.807) is 42.5 Å². The number of carbonyl (C=O) groups is 1.